The first-order valence-corrected chi connectivity index (χ1v) is 4.23. The van der Waals surface area contributed by atoms with Gasteiger partial charge in [-0.3, -0.25) is 4.79 Å². The van der Waals surface area contributed by atoms with Crippen LogP contribution in [0.3, 0.4) is 0 Å². The van der Waals surface area contributed by atoms with Gasteiger partial charge in [-0.2, -0.15) is 0 Å². The van der Waals surface area contributed by atoms with Gasteiger partial charge >= 0.3 is 5.97 Å². The third-order valence-electron chi connectivity index (χ3n) is 1.76. The number of likely N-dealkylation sites (N-methyl/N-ethyl adjacent to an activating group) is 1. The molecule has 0 aliphatic rings. The van der Waals surface area contributed by atoms with Gasteiger partial charge < -0.3 is 21.1 Å². The van der Waals surface area contributed by atoms with Crippen molar-refractivity contribution in [3.63, 3.8) is 0 Å². The van der Waals surface area contributed by atoms with E-state index in [0.717, 1.165) is 0 Å². The largest absolute Gasteiger partial charge is 0.479 e. The third-order valence-corrected chi connectivity index (χ3v) is 1.76. The van der Waals surface area contributed by atoms with Crippen LogP contribution in [0.4, 0.5) is 0 Å². The first-order valence-electron chi connectivity index (χ1n) is 4.23. The van der Waals surface area contributed by atoms with Crippen LogP contribution < -0.4 is 11.1 Å². The molecule has 0 aliphatic heterocycles. The molecule has 0 spiro atoms. The fourth-order valence-corrected chi connectivity index (χ4v) is 0.674. The van der Waals surface area contributed by atoms with Crippen molar-refractivity contribution in [1.82, 2.24) is 10.2 Å². The molecule has 0 aromatic carbocycles. The second-order valence-electron chi connectivity index (χ2n) is 3.57. The van der Waals surface area contributed by atoms with E-state index < -0.39 is 17.4 Å². The summed E-state index contributed by atoms with van der Waals surface area (Å²) in [5.74, 6) is -2.01. The number of hydrogen-bond donors (Lipinski definition) is 3. The van der Waals surface area contributed by atoms with E-state index in [1.807, 2.05) is 19.0 Å². The number of hydrogen-bond acceptors (Lipinski definition) is 4. The fourth-order valence-electron chi connectivity index (χ4n) is 0.674. The van der Waals surface area contributed by atoms with Gasteiger partial charge in [-0.25, -0.2) is 4.79 Å². The second kappa shape index (κ2) is 4.92. The van der Waals surface area contributed by atoms with Crippen molar-refractivity contribution >= 4 is 11.9 Å². The maximum Gasteiger partial charge on any atom is 0.333 e. The van der Waals surface area contributed by atoms with Crippen LogP contribution in [0, 0.1) is 0 Å². The van der Waals surface area contributed by atoms with Gasteiger partial charge in [0.15, 0.2) is 5.54 Å². The Morgan fingerprint density at radius 2 is 2.00 bits per heavy atom. The average Bonchev–Trinajstić information content (AvgIpc) is 2.02. The number of nitrogens with zero attached hydrogens (tertiary/aromatic N) is 1. The Morgan fingerprint density at radius 1 is 1.50 bits per heavy atom. The monoisotopic (exact) mass is 203 g/mol. The maximum absolute atomic E-state index is 11.3. The van der Waals surface area contributed by atoms with E-state index in [1.54, 1.807) is 0 Å². The molecule has 0 aromatic heterocycles. The van der Waals surface area contributed by atoms with E-state index in [-0.39, 0.29) is 0 Å². The Balaban J connectivity index is 4.03. The van der Waals surface area contributed by atoms with Crippen molar-refractivity contribution < 1.29 is 14.7 Å². The molecule has 0 saturated carbocycles. The van der Waals surface area contributed by atoms with Crippen molar-refractivity contribution in [3.8, 4) is 0 Å². The van der Waals surface area contributed by atoms with Gasteiger partial charge in [0.2, 0.25) is 0 Å². The number of amides is 1. The van der Waals surface area contributed by atoms with Crippen LogP contribution in [-0.4, -0.2) is 54.6 Å². The molecule has 6 nitrogen and oxygen atoms in total. The smallest absolute Gasteiger partial charge is 0.333 e. The Kier molecular flexibility index (Phi) is 4.52. The molecule has 0 bridgehead atoms. The Bertz CT molecular complexity index is 226. The molecule has 0 aliphatic carbocycles. The Labute approximate surface area is 83.1 Å². The summed E-state index contributed by atoms with van der Waals surface area (Å²) >= 11 is 0. The van der Waals surface area contributed by atoms with E-state index in [1.165, 1.54) is 6.92 Å². The van der Waals surface area contributed by atoms with Crippen molar-refractivity contribution in [2.45, 2.75) is 12.5 Å². The molecule has 1 amide bonds. The standard InChI is InChI=1S/C8H17N3O3/c1-8(9,7(13)14)6(12)10-4-5-11(2)3/h4-5,9H2,1-3H3,(H,10,12)(H,13,14). The van der Waals surface area contributed by atoms with Crippen molar-refractivity contribution in [2.24, 2.45) is 5.73 Å². The number of nitrogens with two attached hydrogens (primary N) is 1. The SMILES string of the molecule is CN(C)CCNC(=O)C(C)(N)C(=O)O. The van der Waals surface area contributed by atoms with Crippen LogP contribution in [0.2, 0.25) is 0 Å². The number of rotatable bonds is 5. The quantitative estimate of drug-likeness (QED) is 0.471. The first kappa shape index (κ1) is 12.9. The molecular formula is C8H17N3O3. The lowest BCUT2D eigenvalue weighted by Crippen LogP contribution is -2.57. The molecule has 1 unspecified atom stereocenters. The zero-order chi connectivity index (χ0) is 11.4. The van der Waals surface area contributed by atoms with Crippen molar-refractivity contribution in [1.29, 1.82) is 0 Å². The molecule has 1 atom stereocenters. The van der Waals surface area contributed by atoms with Crippen LogP contribution in [0.5, 0.6) is 0 Å². The molecule has 0 saturated heterocycles. The van der Waals surface area contributed by atoms with E-state index >= 15 is 0 Å². The van der Waals surface area contributed by atoms with Crippen LogP contribution in [0.25, 0.3) is 0 Å². The minimum absolute atomic E-state index is 0.381. The molecule has 4 N–H and O–H groups in total. The first-order chi connectivity index (χ1) is 6.28. The number of carboxylic acid groups (broad SMARTS) is 1. The summed E-state index contributed by atoms with van der Waals surface area (Å²) in [4.78, 5) is 23.7. The van der Waals surface area contributed by atoms with Gasteiger partial charge in [0.05, 0.1) is 0 Å². The average molecular weight is 203 g/mol. The number of carbonyl (C=O) groups is 2. The van der Waals surface area contributed by atoms with Gasteiger partial charge in [-0.1, -0.05) is 0 Å². The molecule has 82 valence electrons. The van der Waals surface area contributed by atoms with Crippen LogP contribution >= 0.6 is 0 Å². The normalized spacial score (nSPS) is 14.9. The summed E-state index contributed by atoms with van der Waals surface area (Å²) < 4.78 is 0. The highest BCUT2D eigenvalue weighted by molar-refractivity contribution is 6.05. The van der Waals surface area contributed by atoms with E-state index in [4.69, 9.17) is 10.8 Å². The van der Waals surface area contributed by atoms with E-state index in [0.29, 0.717) is 13.1 Å². The summed E-state index contributed by atoms with van der Waals surface area (Å²) in [7, 11) is 3.70. The molecule has 0 rings (SSSR count). The maximum atomic E-state index is 11.3. The lowest BCUT2D eigenvalue weighted by atomic mass is 10.0. The molecule has 0 heterocycles. The topological polar surface area (TPSA) is 95.7 Å². The molecule has 0 radical (unpaired) electrons. The number of carboxylic acids is 1. The summed E-state index contributed by atoms with van der Waals surface area (Å²) in [6.45, 7) is 2.19. The van der Waals surface area contributed by atoms with Crippen molar-refractivity contribution in [3.05, 3.63) is 0 Å². The Hall–Kier alpha value is -1.14. The van der Waals surface area contributed by atoms with Gasteiger partial charge in [0.1, 0.15) is 0 Å². The lowest BCUT2D eigenvalue weighted by molar-refractivity contribution is -0.148. The molecule has 14 heavy (non-hydrogen) atoms. The highest BCUT2D eigenvalue weighted by Crippen LogP contribution is 1.98. The number of nitrogens with one attached hydrogen (secondary N) is 1. The lowest BCUT2D eigenvalue weighted by Gasteiger charge is -2.19. The zero-order valence-corrected chi connectivity index (χ0v) is 8.70. The van der Waals surface area contributed by atoms with Crippen LogP contribution in [-0.2, 0) is 9.59 Å². The van der Waals surface area contributed by atoms with Gasteiger partial charge in [-0.15, -0.1) is 0 Å². The van der Waals surface area contributed by atoms with Crippen LogP contribution in [0.15, 0.2) is 0 Å². The molecule has 0 aromatic rings. The van der Waals surface area contributed by atoms with E-state index in [9.17, 15) is 9.59 Å². The zero-order valence-electron chi connectivity index (χ0n) is 8.70. The Morgan fingerprint density at radius 3 is 2.36 bits per heavy atom. The minimum atomic E-state index is -1.85. The fraction of sp³-hybridized carbons (Fsp3) is 0.750. The predicted molar refractivity (Wildman–Crippen MR) is 51.8 cm³/mol. The third kappa shape index (κ3) is 3.71. The summed E-state index contributed by atoms with van der Waals surface area (Å²) in [6, 6.07) is 0. The van der Waals surface area contributed by atoms with Crippen molar-refractivity contribution in [2.75, 3.05) is 27.2 Å². The highest BCUT2D eigenvalue weighted by atomic mass is 16.4. The predicted octanol–water partition coefficient (Wildman–Crippen LogP) is -1.53. The van der Waals surface area contributed by atoms with Gasteiger partial charge in [-0.05, 0) is 21.0 Å². The van der Waals surface area contributed by atoms with Gasteiger partial charge in [0, 0.05) is 13.1 Å². The molecular weight excluding hydrogens is 186 g/mol. The minimum Gasteiger partial charge on any atom is -0.479 e. The van der Waals surface area contributed by atoms with Gasteiger partial charge in [0.25, 0.3) is 5.91 Å². The van der Waals surface area contributed by atoms with E-state index in [2.05, 4.69) is 5.32 Å². The highest BCUT2D eigenvalue weighted by Gasteiger charge is 2.36. The number of aliphatic carboxylic acids is 1. The molecule has 0 fully saturated rings. The summed E-state index contributed by atoms with van der Waals surface area (Å²) in [6.07, 6.45) is 0. The second-order valence-corrected chi connectivity index (χ2v) is 3.57. The summed E-state index contributed by atoms with van der Waals surface area (Å²) in [5.41, 5.74) is 3.44. The number of carbonyl (C=O) groups excluding carboxylic acids is 1. The van der Waals surface area contributed by atoms with Crippen LogP contribution in [0.1, 0.15) is 6.92 Å². The molecule has 6 heteroatoms. The summed E-state index contributed by atoms with van der Waals surface area (Å²) in [5, 5.41) is 11.1.